The third kappa shape index (κ3) is 4.64. The average Bonchev–Trinajstić information content (AvgIpc) is 2.80. The molecule has 6 nitrogen and oxygen atoms in total. The Bertz CT molecular complexity index is 1110. The molecule has 2 heterocycles. The minimum atomic E-state index is -0.408. The van der Waals surface area contributed by atoms with E-state index < -0.39 is 11.8 Å². The van der Waals surface area contributed by atoms with Gasteiger partial charge in [0, 0.05) is 41.9 Å². The summed E-state index contributed by atoms with van der Waals surface area (Å²) in [6, 6.07) is 11.1. The van der Waals surface area contributed by atoms with Crippen molar-refractivity contribution in [3.63, 3.8) is 0 Å². The molecule has 0 atom stereocenters. The molecule has 4 rings (SSSR count). The van der Waals surface area contributed by atoms with Crippen LogP contribution in [0.4, 0.5) is 15.8 Å². The van der Waals surface area contributed by atoms with E-state index in [1.807, 2.05) is 11.8 Å². The van der Waals surface area contributed by atoms with Gasteiger partial charge < -0.3 is 15.0 Å². The van der Waals surface area contributed by atoms with Crippen molar-refractivity contribution >= 4 is 45.9 Å². The van der Waals surface area contributed by atoms with Crippen LogP contribution in [0, 0.1) is 5.82 Å². The van der Waals surface area contributed by atoms with Gasteiger partial charge in [-0.3, -0.25) is 9.78 Å². The Morgan fingerprint density at radius 1 is 1.16 bits per heavy atom. The van der Waals surface area contributed by atoms with E-state index in [1.54, 1.807) is 48.4 Å². The van der Waals surface area contributed by atoms with E-state index >= 15 is 0 Å². The number of carbonyl (C=O) groups is 2. The first kappa shape index (κ1) is 21.1. The largest absolute Gasteiger partial charge is 0.462 e. The highest BCUT2D eigenvalue weighted by atomic mass is 32.2. The number of amides is 1. The van der Waals surface area contributed by atoms with E-state index in [1.165, 1.54) is 12.1 Å². The molecule has 0 aliphatic carbocycles. The number of carbonyl (C=O) groups excluding carboxylic acids is 2. The molecule has 1 N–H and O–H groups in total. The maximum atomic E-state index is 14.1. The highest BCUT2D eigenvalue weighted by molar-refractivity contribution is 7.99. The fraction of sp³-hybridized carbons (Fsp3) is 0.261. The lowest BCUT2D eigenvalue weighted by atomic mass is 10.1. The Kier molecular flexibility index (Phi) is 6.36. The van der Waals surface area contributed by atoms with Crippen LogP contribution < -0.4 is 5.32 Å². The van der Waals surface area contributed by atoms with Gasteiger partial charge in [0.2, 0.25) is 0 Å². The maximum absolute atomic E-state index is 14.1. The average molecular weight is 440 g/mol. The number of anilines is 2. The first-order valence-electron chi connectivity index (χ1n) is 10.1. The smallest absolute Gasteiger partial charge is 0.338 e. The molecule has 1 amide bonds. The summed E-state index contributed by atoms with van der Waals surface area (Å²) < 4.78 is 19.1. The van der Waals surface area contributed by atoms with Crippen LogP contribution in [0.5, 0.6) is 0 Å². The quantitative estimate of drug-likeness (QED) is 0.591. The zero-order valence-electron chi connectivity index (χ0n) is 17.1. The number of nitrogens with zero attached hydrogens (tertiary/aromatic N) is 2. The molecule has 31 heavy (non-hydrogen) atoms. The predicted octanol–water partition coefficient (Wildman–Crippen LogP) is 4.48. The molecule has 0 bridgehead atoms. The lowest BCUT2D eigenvalue weighted by Gasteiger charge is -2.27. The summed E-state index contributed by atoms with van der Waals surface area (Å²) in [7, 11) is 0. The van der Waals surface area contributed by atoms with Gasteiger partial charge in [-0.1, -0.05) is 0 Å². The van der Waals surface area contributed by atoms with E-state index in [0.29, 0.717) is 53.1 Å². The van der Waals surface area contributed by atoms with Crippen molar-refractivity contribution in [1.29, 1.82) is 0 Å². The third-order valence-corrected chi connectivity index (χ3v) is 5.97. The molecule has 160 valence electrons. The Morgan fingerprint density at radius 3 is 2.61 bits per heavy atom. The summed E-state index contributed by atoms with van der Waals surface area (Å²) in [6.07, 6.45) is 1.54. The molecule has 2 aromatic carbocycles. The van der Waals surface area contributed by atoms with E-state index in [9.17, 15) is 14.0 Å². The summed E-state index contributed by atoms with van der Waals surface area (Å²) in [4.78, 5) is 31.3. The fourth-order valence-corrected chi connectivity index (χ4v) is 4.35. The second kappa shape index (κ2) is 9.34. The third-order valence-electron chi connectivity index (χ3n) is 5.02. The van der Waals surface area contributed by atoms with Crippen LogP contribution in [0.15, 0.2) is 48.7 Å². The van der Waals surface area contributed by atoms with Crippen LogP contribution in [0.2, 0.25) is 0 Å². The normalized spacial score (nSPS) is 13.8. The standard InChI is InChI=1S/C23H22FN3O3S/c1-2-30-23(29)15-3-6-17(7-4-15)26-21-18-13-16(24)5-8-20(18)25-14-19(21)22(28)27-9-11-31-12-10-27/h3-8,13-14H,2,9-12H2,1H3,(H,25,26). The van der Waals surface area contributed by atoms with Gasteiger partial charge in [-0.2, -0.15) is 11.8 Å². The Morgan fingerprint density at radius 2 is 1.90 bits per heavy atom. The van der Waals surface area contributed by atoms with Crippen molar-refractivity contribution in [2.75, 3.05) is 36.5 Å². The van der Waals surface area contributed by atoms with Crippen molar-refractivity contribution in [2.45, 2.75) is 6.92 Å². The van der Waals surface area contributed by atoms with Gasteiger partial charge in [-0.25, -0.2) is 9.18 Å². The van der Waals surface area contributed by atoms with Crippen LogP contribution in [-0.2, 0) is 4.74 Å². The number of nitrogens with one attached hydrogen (secondary N) is 1. The zero-order valence-corrected chi connectivity index (χ0v) is 17.9. The van der Waals surface area contributed by atoms with Crippen LogP contribution in [0.25, 0.3) is 10.9 Å². The van der Waals surface area contributed by atoms with Gasteiger partial charge in [0.25, 0.3) is 5.91 Å². The first-order chi connectivity index (χ1) is 15.1. The molecule has 1 aliphatic heterocycles. The van der Waals surface area contributed by atoms with Gasteiger partial charge in [-0.15, -0.1) is 0 Å². The van der Waals surface area contributed by atoms with Crippen LogP contribution in [0.1, 0.15) is 27.6 Å². The van der Waals surface area contributed by atoms with Gasteiger partial charge in [0.15, 0.2) is 0 Å². The minimum absolute atomic E-state index is 0.135. The van der Waals surface area contributed by atoms with Gasteiger partial charge >= 0.3 is 5.97 Å². The lowest BCUT2D eigenvalue weighted by Crippen LogP contribution is -2.38. The molecule has 1 aromatic heterocycles. The van der Waals surface area contributed by atoms with E-state index in [-0.39, 0.29) is 5.91 Å². The van der Waals surface area contributed by atoms with Gasteiger partial charge in [0.1, 0.15) is 5.82 Å². The number of rotatable bonds is 5. The number of thioether (sulfide) groups is 1. The summed E-state index contributed by atoms with van der Waals surface area (Å²) >= 11 is 1.82. The fourth-order valence-electron chi connectivity index (χ4n) is 3.45. The molecule has 1 aliphatic rings. The van der Waals surface area contributed by atoms with Crippen molar-refractivity contribution in [1.82, 2.24) is 9.88 Å². The highest BCUT2D eigenvalue weighted by Crippen LogP contribution is 2.31. The maximum Gasteiger partial charge on any atom is 0.338 e. The number of halogens is 1. The van der Waals surface area contributed by atoms with Crippen molar-refractivity contribution < 1.29 is 18.7 Å². The SMILES string of the molecule is CCOC(=O)c1ccc(Nc2c(C(=O)N3CCSCC3)cnc3ccc(F)cc23)cc1. The molecule has 1 saturated heterocycles. The van der Waals surface area contributed by atoms with Crippen molar-refractivity contribution in [2.24, 2.45) is 0 Å². The molecule has 0 spiro atoms. The number of pyridine rings is 1. The van der Waals surface area contributed by atoms with Crippen molar-refractivity contribution in [3.05, 3.63) is 65.6 Å². The minimum Gasteiger partial charge on any atom is -0.462 e. The molecule has 1 fully saturated rings. The number of esters is 1. The number of aromatic nitrogens is 1. The molecule has 0 unspecified atom stereocenters. The lowest BCUT2D eigenvalue weighted by molar-refractivity contribution is 0.0526. The summed E-state index contributed by atoms with van der Waals surface area (Å²) in [5.74, 6) is 0.835. The Balaban J connectivity index is 1.72. The Labute approximate surface area is 183 Å². The monoisotopic (exact) mass is 439 g/mol. The highest BCUT2D eigenvalue weighted by Gasteiger charge is 2.23. The van der Waals surface area contributed by atoms with Crippen LogP contribution in [-0.4, -0.2) is 53.0 Å². The topological polar surface area (TPSA) is 71.5 Å². The molecular formula is C23H22FN3O3S. The molecule has 0 saturated carbocycles. The number of ether oxygens (including phenoxy) is 1. The second-order valence-corrected chi connectivity index (χ2v) is 8.26. The molecule has 0 radical (unpaired) electrons. The summed E-state index contributed by atoms with van der Waals surface area (Å²) in [5.41, 5.74) is 2.56. The predicted molar refractivity (Wildman–Crippen MR) is 121 cm³/mol. The summed E-state index contributed by atoms with van der Waals surface area (Å²) in [5, 5.41) is 3.77. The van der Waals surface area contributed by atoms with Gasteiger partial charge in [0.05, 0.1) is 28.9 Å². The van der Waals surface area contributed by atoms with Crippen LogP contribution >= 0.6 is 11.8 Å². The van der Waals surface area contributed by atoms with Crippen molar-refractivity contribution in [3.8, 4) is 0 Å². The molecule has 8 heteroatoms. The van der Waals surface area contributed by atoms with Gasteiger partial charge in [-0.05, 0) is 49.4 Å². The van der Waals surface area contributed by atoms with E-state index in [0.717, 1.165) is 11.5 Å². The molecular weight excluding hydrogens is 417 g/mol. The Hall–Kier alpha value is -3.13. The van der Waals surface area contributed by atoms with Crippen LogP contribution in [0.3, 0.4) is 0 Å². The van der Waals surface area contributed by atoms with E-state index in [2.05, 4.69) is 10.3 Å². The second-order valence-electron chi connectivity index (χ2n) is 7.04. The number of fused-ring (bicyclic) bond motifs is 1. The van der Waals surface area contributed by atoms with E-state index in [4.69, 9.17) is 4.74 Å². The number of benzene rings is 2. The first-order valence-corrected chi connectivity index (χ1v) is 11.2. The molecule has 3 aromatic rings. The number of hydrogen-bond donors (Lipinski definition) is 1. The zero-order chi connectivity index (χ0) is 21.8. The number of hydrogen-bond acceptors (Lipinski definition) is 6. The summed E-state index contributed by atoms with van der Waals surface area (Å²) in [6.45, 7) is 3.38.